The lowest BCUT2D eigenvalue weighted by molar-refractivity contribution is -0.144. The number of ketones is 2. The molecular formula is C32H35ClN2O5. The fourth-order valence-electron chi connectivity index (χ4n) is 6.90. The molecule has 5 rings (SSSR count). The Hall–Kier alpha value is -3.26. The lowest BCUT2D eigenvalue weighted by Gasteiger charge is -2.45. The normalized spacial score (nSPS) is 36.1. The van der Waals surface area contributed by atoms with Gasteiger partial charge in [0.25, 0.3) is 0 Å². The van der Waals surface area contributed by atoms with E-state index in [1.54, 1.807) is 19.1 Å². The van der Waals surface area contributed by atoms with Crippen LogP contribution in [0.4, 0.5) is 0 Å². The molecule has 4 N–H and O–H groups in total. The molecule has 1 aromatic carbocycles. The van der Waals surface area contributed by atoms with Crippen LogP contribution in [-0.4, -0.2) is 50.9 Å². The summed E-state index contributed by atoms with van der Waals surface area (Å²) >= 11 is 6.28. The lowest BCUT2D eigenvalue weighted by Crippen LogP contribution is -2.55. The van der Waals surface area contributed by atoms with Crippen molar-refractivity contribution >= 4 is 40.0 Å². The van der Waals surface area contributed by atoms with E-state index in [1.807, 2.05) is 51.3 Å². The second kappa shape index (κ2) is 10.6. The molecule has 2 aromatic rings. The number of hydrogen-bond acceptors (Lipinski definition) is 5. The number of carbonyl (C=O) groups is 3. The van der Waals surface area contributed by atoms with Crippen LogP contribution in [0.1, 0.15) is 39.7 Å². The summed E-state index contributed by atoms with van der Waals surface area (Å²) in [6, 6.07) is 5.14. The molecule has 2 aliphatic carbocycles. The number of aromatic nitrogens is 1. The average Bonchev–Trinajstić information content (AvgIpc) is 3.44. The van der Waals surface area contributed by atoms with Crippen molar-refractivity contribution in [2.75, 3.05) is 0 Å². The van der Waals surface area contributed by atoms with E-state index in [2.05, 4.69) is 10.3 Å². The molecule has 1 aromatic heterocycles. The number of halogens is 1. The van der Waals surface area contributed by atoms with Crippen LogP contribution in [0.5, 0.6) is 0 Å². The van der Waals surface area contributed by atoms with Crippen molar-refractivity contribution in [3.05, 3.63) is 82.1 Å². The molecule has 8 heteroatoms. The van der Waals surface area contributed by atoms with Crippen molar-refractivity contribution in [1.82, 2.24) is 10.3 Å². The van der Waals surface area contributed by atoms with Gasteiger partial charge in [0.15, 0.2) is 11.6 Å². The van der Waals surface area contributed by atoms with Crippen molar-refractivity contribution in [2.45, 2.75) is 58.8 Å². The molecule has 2 heterocycles. The van der Waals surface area contributed by atoms with Crippen LogP contribution in [0.3, 0.4) is 0 Å². The second-order valence-electron chi connectivity index (χ2n) is 11.5. The van der Waals surface area contributed by atoms with Crippen LogP contribution in [0.2, 0.25) is 5.02 Å². The molecule has 1 saturated heterocycles. The molecular weight excluding hydrogens is 528 g/mol. The van der Waals surface area contributed by atoms with Gasteiger partial charge in [0.1, 0.15) is 11.5 Å². The summed E-state index contributed by atoms with van der Waals surface area (Å²) in [5.74, 6) is -3.07. The topological polar surface area (TPSA) is 119 Å². The number of fused-ring (bicyclic) bond motifs is 1. The largest absolute Gasteiger partial charge is 0.388 e. The average molecular weight is 563 g/mol. The molecule has 0 bridgehead atoms. The van der Waals surface area contributed by atoms with Gasteiger partial charge < -0.3 is 20.5 Å². The summed E-state index contributed by atoms with van der Waals surface area (Å²) in [5.41, 5.74) is 2.22. The van der Waals surface area contributed by atoms with E-state index in [0.29, 0.717) is 23.4 Å². The second-order valence-corrected chi connectivity index (χ2v) is 12.0. The highest BCUT2D eigenvalue weighted by Crippen LogP contribution is 2.55. The molecule has 7 nitrogen and oxygen atoms in total. The fourth-order valence-corrected chi connectivity index (χ4v) is 7.07. The molecule has 3 aliphatic rings. The first-order valence-electron chi connectivity index (χ1n) is 13.7. The van der Waals surface area contributed by atoms with Gasteiger partial charge in [-0.1, -0.05) is 42.3 Å². The molecule has 0 unspecified atom stereocenters. The Kier molecular flexibility index (Phi) is 7.50. The van der Waals surface area contributed by atoms with Crippen molar-refractivity contribution < 1.29 is 24.6 Å². The van der Waals surface area contributed by atoms with Crippen LogP contribution in [0, 0.1) is 23.2 Å². The molecule has 0 radical (unpaired) electrons. The van der Waals surface area contributed by atoms with E-state index in [4.69, 9.17) is 11.6 Å². The zero-order valence-electron chi connectivity index (χ0n) is 23.1. The number of allylic oxidation sites excluding steroid dienone is 3. The van der Waals surface area contributed by atoms with Gasteiger partial charge in [0.2, 0.25) is 5.91 Å². The summed E-state index contributed by atoms with van der Waals surface area (Å²) in [5, 5.41) is 26.7. The first-order chi connectivity index (χ1) is 19.0. The minimum atomic E-state index is -1.66. The number of benzene rings is 1. The van der Waals surface area contributed by atoms with Crippen molar-refractivity contribution in [3.63, 3.8) is 0 Å². The van der Waals surface area contributed by atoms with Crippen LogP contribution >= 0.6 is 11.6 Å². The Balaban J connectivity index is 1.65. The Morgan fingerprint density at radius 2 is 1.82 bits per heavy atom. The Bertz CT molecular complexity index is 1510. The van der Waals surface area contributed by atoms with E-state index in [9.17, 15) is 24.6 Å². The maximum Gasteiger partial charge on any atom is 0.235 e. The van der Waals surface area contributed by atoms with Crippen LogP contribution in [0.15, 0.2) is 71.5 Å². The Labute approximate surface area is 238 Å². The minimum Gasteiger partial charge on any atom is -0.388 e. The highest BCUT2D eigenvalue weighted by molar-refractivity contribution is 6.31. The highest BCUT2D eigenvalue weighted by atomic mass is 35.5. The SMILES string of the molecule is CC1=C(C)[C@H]2[C@H](Cc3c[nH]c4ccc(Cl)cc34)NC(=O)[C@]23C(=O)/C=C/C(=O)[C@H](O)/C(C)=C/[C@@H](C)C/C=C/[C@H]3[C@@H]1O. The standard InChI is InChI=1S/C32H35ClN2O5/c1-16-6-5-7-23-30(39)19(4)18(3)28-25(13-20-15-34-24-9-8-21(33)14-22(20)24)35-31(40)32(23,28)27(37)11-10-26(36)29(38)17(2)12-16/h5,7-12,14-16,23,25,28-30,34,38-39H,6,13H2,1-4H3,(H,35,40)/b7-5+,11-10+,17-12+/t16-,23-,25-,28-,29+,30+,32+/m0/s1. The first-order valence-corrected chi connectivity index (χ1v) is 14.1. The first kappa shape index (κ1) is 28.3. The number of rotatable bonds is 2. The predicted molar refractivity (Wildman–Crippen MR) is 155 cm³/mol. The zero-order chi connectivity index (χ0) is 28.9. The van der Waals surface area contributed by atoms with E-state index in [-0.39, 0.29) is 5.92 Å². The van der Waals surface area contributed by atoms with Crippen molar-refractivity contribution in [2.24, 2.45) is 23.2 Å². The maximum absolute atomic E-state index is 14.2. The summed E-state index contributed by atoms with van der Waals surface area (Å²) in [6.45, 7) is 7.36. The number of hydrogen-bond donors (Lipinski definition) is 4. The summed E-state index contributed by atoms with van der Waals surface area (Å²) in [4.78, 5) is 44.3. The smallest absolute Gasteiger partial charge is 0.235 e. The zero-order valence-corrected chi connectivity index (χ0v) is 23.8. The maximum atomic E-state index is 14.2. The summed E-state index contributed by atoms with van der Waals surface area (Å²) in [7, 11) is 0. The molecule has 210 valence electrons. The Morgan fingerprint density at radius 1 is 1.07 bits per heavy atom. The van der Waals surface area contributed by atoms with Gasteiger partial charge in [-0.15, -0.1) is 0 Å². The van der Waals surface area contributed by atoms with Crippen molar-refractivity contribution in [1.29, 1.82) is 0 Å². The number of amides is 1. The van der Waals surface area contributed by atoms with Gasteiger partial charge >= 0.3 is 0 Å². The van der Waals surface area contributed by atoms with E-state index < -0.39 is 53.0 Å². The quantitative estimate of drug-likeness (QED) is 0.320. The van der Waals surface area contributed by atoms with Crippen LogP contribution < -0.4 is 5.32 Å². The third-order valence-corrected chi connectivity index (χ3v) is 9.29. The number of carbonyl (C=O) groups excluding carboxylic acids is 3. The molecule has 1 spiro atoms. The number of aliphatic hydroxyl groups excluding tert-OH is 2. The Morgan fingerprint density at radius 3 is 2.58 bits per heavy atom. The highest BCUT2D eigenvalue weighted by Gasteiger charge is 2.66. The van der Waals surface area contributed by atoms with Gasteiger partial charge in [0.05, 0.1) is 6.10 Å². The summed E-state index contributed by atoms with van der Waals surface area (Å²) < 4.78 is 0. The third-order valence-electron chi connectivity index (χ3n) is 9.06. The third kappa shape index (κ3) is 4.50. The van der Waals surface area contributed by atoms with Gasteiger partial charge in [-0.25, -0.2) is 0 Å². The molecule has 0 saturated carbocycles. The van der Waals surface area contributed by atoms with Crippen LogP contribution in [0.25, 0.3) is 10.9 Å². The van der Waals surface area contributed by atoms with Gasteiger partial charge in [-0.2, -0.15) is 0 Å². The number of nitrogens with one attached hydrogen (secondary N) is 2. The predicted octanol–water partition coefficient (Wildman–Crippen LogP) is 4.39. The van der Waals surface area contributed by atoms with E-state index in [0.717, 1.165) is 39.8 Å². The molecule has 1 fully saturated rings. The molecule has 1 amide bonds. The minimum absolute atomic E-state index is 0.0103. The van der Waals surface area contributed by atoms with Gasteiger partial charge in [-0.3, -0.25) is 14.4 Å². The van der Waals surface area contributed by atoms with E-state index >= 15 is 0 Å². The fraction of sp³-hybridized carbons (Fsp3) is 0.406. The van der Waals surface area contributed by atoms with Gasteiger partial charge in [-0.05, 0) is 86.6 Å². The monoisotopic (exact) mass is 562 g/mol. The molecule has 1 aliphatic heterocycles. The number of H-pyrrole nitrogens is 1. The number of aliphatic hydroxyl groups is 2. The molecule has 40 heavy (non-hydrogen) atoms. The van der Waals surface area contributed by atoms with Crippen molar-refractivity contribution in [3.8, 4) is 0 Å². The molecule has 7 atom stereocenters. The van der Waals surface area contributed by atoms with Gasteiger partial charge in [0, 0.05) is 40.0 Å². The van der Waals surface area contributed by atoms with E-state index in [1.165, 1.54) is 0 Å². The summed E-state index contributed by atoms with van der Waals surface area (Å²) in [6.07, 6.45) is 8.14. The van der Waals surface area contributed by atoms with Crippen LogP contribution in [-0.2, 0) is 20.8 Å². The lowest BCUT2D eigenvalue weighted by atomic mass is 9.55. The number of aromatic amines is 1.